The molecule has 0 saturated heterocycles. The smallest absolute Gasteiger partial charge is 0.271 e. The number of benzene rings is 3. The molecule has 30 heavy (non-hydrogen) atoms. The lowest BCUT2D eigenvalue weighted by Gasteiger charge is -2.07. The lowest BCUT2D eigenvalue weighted by molar-refractivity contribution is 0.0954. The second-order valence-electron chi connectivity index (χ2n) is 6.31. The van der Waals surface area contributed by atoms with E-state index in [1.165, 1.54) is 6.07 Å². The topological polar surface area (TPSA) is 70.6 Å². The fourth-order valence-electron chi connectivity index (χ4n) is 2.50. The fraction of sp³-hybridized carbons (Fsp3) is 0.0455. The Hall–Kier alpha value is -2.86. The largest absolute Gasteiger partial charge is 0.322 e. The maximum atomic E-state index is 12.3. The van der Waals surface area contributed by atoms with Crippen molar-refractivity contribution in [2.45, 2.75) is 6.92 Å². The van der Waals surface area contributed by atoms with Gasteiger partial charge in [0.15, 0.2) is 0 Å². The van der Waals surface area contributed by atoms with Crippen LogP contribution in [0.4, 0.5) is 5.69 Å². The molecule has 8 heteroatoms. The minimum Gasteiger partial charge on any atom is -0.322 e. The highest BCUT2D eigenvalue weighted by atomic mass is 35.5. The van der Waals surface area contributed by atoms with Gasteiger partial charge in [-0.1, -0.05) is 46.9 Å². The van der Waals surface area contributed by atoms with Crippen LogP contribution in [0.5, 0.6) is 0 Å². The summed E-state index contributed by atoms with van der Waals surface area (Å²) in [6.07, 6.45) is 0. The van der Waals surface area contributed by atoms with Gasteiger partial charge in [-0.05, 0) is 67.1 Å². The van der Waals surface area contributed by atoms with E-state index in [0.29, 0.717) is 37.6 Å². The molecule has 0 saturated carbocycles. The Morgan fingerprint density at radius 1 is 0.733 bits per heavy atom. The number of rotatable bonds is 5. The molecule has 0 aromatic heterocycles. The third-order valence-electron chi connectivity index (χ3n) is 4.17. The first-order valence-electron chi connectivity index (χ1n) is 8.80. The van der Waals surface area contributed by atoms with Crippen LogP contribution >= 0.6 is 34.8 Å². The third-order valence-corrected chi connectivity index (χ3v) is 5.16. The summed E-state index contributed by atoms with van der Waals surface area (Å²) in [4.78, 5) is 24.5. The van der Waals surface area contributed by atoms with Crippen molar-refractivity contribution in [3.05, 3.63) is 98.5 Å². The molecule has 0 aliphatic carbocycles. The van der Waals surface area contributed by atoms with Crippen molar-refractivity contribution in [3.8, 4) is 0 Å². The number of anilines is 1. The van der Waals surface area contributed by atoms with Gasteiger partial charge < -0.3 is 5.32 Å². The van der Waals surface area contributed by atoms with Gasteiger partial charge in [0, 0.05) is 21.8 Å². The number of carbonyl (C=O) groups excluding carboxylic acids is 2. The van der Waals surface area contributed by atoms with Crippen molar-refractivity contribution in [1.82, 2.24) is 5.43 Å². The van der Waals surface area contributed by atoms with Crippen LogP contribution in [-0.4, -0.2) is 17.5 Å². The Morgan fingerprint density at radius 3 is 1.97 bits per heavy atom. The van der Waals surface area contributed by atoms with Crippen LogP contribution in [0.3, 0.4) is 0 Å². The van der Waals surface area contributed by atoms with Gasteiger partial charge in [-0.25, -0.2) is 5.43 Å². The predicted molar refractivity (Wildman–Crippen MR) is 122 cm³/mol. The molecule has 0 bridgehead atoms. The van der Waals surface area contributed by atoms with E-state index in [9.17, 15) is 9.59 Å². The number of hydrogen-bond acceptors (Lipinski definition) is 3. The van der Waals surface area contributed by atoms with Crippen LogP contribution < -0.4 is 10.7 Å². The van der Waals surface area contributed by atoms with E-state index in [2.05, 4.69) is 15.8 Å². The molecule has 0 aliphatic rings. The van der Waals surface area contributed by atoms with Crippen molar-refractivity contribution in [2.75, 3.05) is 5.32 Å². The van der Waals surface area contributed by atoms with E-state index in [1.807, 2.05) is 0 Å². The van der Waals surface area contributed by atoms with Gasteiger partial charge in [-0.15, -0.1) is 0 Å². The second kappa shape index (κ2) is 9.76. The summed E-state index contributed by atoms with van der Waals surface area (Å²) in [7, 11) is 0. The summed E-state index contributed by atoms with van der Waals surface area (Å²) < 4.78 is 0. The van der Waals surface area contributed by atoms with Crippen LogP contribution in [0.1, 0.15) is 33.2 Å². The maximum Gasteiger partial charge on any atom is 0.271 e. The Morgan fingerprint density at radius 2 is 1.33 bits per heavy atom. The minimum absolute atomic E-state index is 0.237. The second-order valence-corrected chi connectivity index (χ2v) is 7.56. The lowest BCUT2D eigenvalue weighted by atomic mass is 10.1. The Kier molecular flexibility index (Phi) is 7.11. The Labute approximate surface area is 188 Å². The van der Waals surface area contributed by atoms with E-state index >= 15 is 0 Å². The zero-order valence-electron chi connectivity index (χ0n) is 15.7. The zero-order chi connectivity index (χ0) is 21.7. The molecule has 3 rings (SSSR count). The van der Waals surface area contributed by atoms with Gasteiger partial charge in [-0.3, -0.25) is 9.59 Å². The van der Waals surface area contributed by atoms with Crippen LogP contribution in [0, 0.1) is 0 Å². The number of halogens is 3. The van der Waals surface area contributed by atoms with E-state index < -0.39 is 5.91 Å². The predicted octanol–water partition coefficient (Wildman–Crippen LogP) is 6.05. The first kappa shape index (κ1) is 21.8. The molecule has 5 nitrogen and oxygen atoms in total. The molecular weight excluding hydrogens is 445 g/mol. The molecule has 3 aromatic rings. The summed E-state index contributed by atoms with van der Waals surface area (Å²) in [5.74, 6) is -0.640. The Balaban J connectivity index is 1.63. The van der Waals surface area contributed by atoms with Crippen molar-refractivity contribution < 1.29 is 9.59 Å². The van der Waals surface area contributed by atoms with Gasteiger partial charge in [0.05, 0.1) is 15.8 Å². The molecular formula is C22H16Cl3N3O2. The van der Waals surface area contributed by atoms with E-state index in [-0.39, 0.29) is 5.91 Å². The Bertz CT molecular complexity index is 1110. The van der Waals surface area contributed by atoms with Gasteiger partial charge in [0.25, 0.3) is 11.8 Å². The zero-order valence-corrected chi connectivity index (χ0v) is 18.0. The molecule has 0 aliphatic heterocycles. The van der Waals surface area contributed by atoms with Gasteiger partial charge >= 0.3 is 0 Å². The highest BCUT2D eigenvalue weighted by molar-refractivity contribution is 6.42. The molecule has 0 unspecified atom stereocenters. The summed E-state index contributed by atoms with van der Waals surface area (Å²) in [6.45, 7) is 1.76. The van der Waals surface area contributed by atoms with Crippen LogP contribution in [-0.2, 0) is 0 Å². The van der Waals surface area contributed by atoms with Gasteiger partial charge in [-0.2, -0.15) is 5.10 Å². The SMILES string of the molecule is C/C(=N/NC(=O)c1ccc(Cl)c(Cl)c1)c1ccc(NC(=O)c2ccc(Cl)cc2)cc1. The van der Waals surface area contributed by atoms with Crippen molar-refractivity contribution >= 4 is 58.0 Å². The van der Waals surface area contributed by atoms with Crippen LogP contribution in [0.15, 0.2) is 71.8 Å². The number of nitrogens with zero attached hydrogens (tertiary/aromatic N) is 1. The maximum absolute atomic E-state index is 12.3. The normalized spacial score (nSPS) is 11.1. The molecule has 0 spiro atoms. The molecule has 2 N–H and O–H groups in total. The van der Waals surface area contributed by atoms with Crippen LogP contribution in [0.25, 0.3) is 0 Å². The summed E-state index contributed by atoms with van der Waals surface area (Å²) in [5, 5.41) is 8.15. The summed E-state index contributed by atoms with van der Waals surface area (Å²) in [5.41, 5.74) is 5.35. The lowest BCUT2D eigenvalue weighted by Crippen LogP contribution is -2.19. The molecule has 0 atom stereocenters. The standard InChI is InChI=1S/C22H16Cl3N3O2/c1-13(27-28-22(30)16-6-11-19(24)20(25)12-16)14-4-9-18(10-5-14)26-21(29)15-2-7-17(23)8-3-15/h2-12H,1H3,(H,26,29)(H,28,30)/b27-13-. The molecule has 0 heterocycles. The number of amides is 2. The van der Waals surface area contributed by atoms with E-state index in [1.54, 1.807) is 67.6 Å². The van der Waals surface area contributed by atoms with Crippen LogP contribution in [0.2, 0.25) is 15.1 Å². The van der Waals surface area contributed by atoms with Gasteiger partial charge in [0.2, 0.25) is 0 Å². The highest BCUT2D eigenvalue weighted by Gasteiger charge is 2.09. The highest BCUT2D eigenvalue weighted by Crippen LogP contribution is 2.22. The van der Waals surface area contributed by atoms with E-state index in [0.717, 1.165) is 5.56 Å². The fourth-order valence-corrected chi connectivity index (χ4v) is 2.92. The van der Waals surface area contributed by atoms with Crippen molar-refractivity contribution in [3.63, 3.8) is 0 Å². The number of hydrogen-bond donors (Lipinski definition) is 2. The van der Waals surface area contributed by atoms with E-state index in [4.69, 9.17) is 34.8 Å². The molecule has 2 amide bonds. The summed E-state index contributed by atoms with van der Waals surface area (Å²) >= 11 is 17.6. The van der Waals surface area contributed by atoms with Gasteiger partial charge in [0.1, 0.15) is 0 Å². The first-order chi connectivity index (χ1) is 14.3. The quantitative estimate of drug-likeness (QED) is 0.359. The summed E-state index contributed by atoms with van der Waals surface area (Å²) in [6, 6.07) is 18.3. The molecule has 0 radical (unpaired) electrons. The number of carbonyl (C=O) groups is 2. The van der Waals surface area contributed by atoms with Crippen molar-refractivity contribution in [1.29, 1.82) is 0 Å². The average molecular weight is 461 g/mol. The van der Waals surface area contributed by atoms with Crippen molar-refractivity contribution in [2.24, 2.45) is 5.10 Å². The molecule has 3 aromatic carbocycles. The average Bonchev–Trinajstić information content (AvgIpc) is 2.74. The monoisotopic (exact) mass is 459 g/mol. The third kappa shape index (κ3) is 5.60. The first-order valence-corrected chi connectivity index (χ1v) is 9.94. The molecule has 152 valence electrons. The number of nitrogens with one attached hydrogen (secondary N) is 2. The molecule has 0 fully saturated rings. The minimum atomic E-state index is -0.403. The number of hydrazone groups is 1.